The molecule has 5 rings (SSSR count). The molecule has 4 nitrogen and oxygen atoms in total. The molecule has 2 saturated heterocycles. The van der Waals surface area contributed by atoms with E-state index in [9.17, 15) is 9.90 Å². The van der Waals surface area contributed by atoms with E-state index in [4.69, 9.17) is 4.74 Å². The number of benzene rings is 1. The van der Waals surface area contributed by atoms with Crippen molar-refractivity contribution < 1.29 is 14.6 Å². The maximum absolute atomic E-state index is 12.8. The van der Waals surface area contributed by atoms with Crippen molar-refractivity contribution >= 4 is 11.6 Å². The number of carbonyl (C=O) groups is 1. The van der Waals surface area contributed by atoms with Gasteiger partial charge in [0.2, 0.25) is 5.91 Å². The molecular weight excluding hydrogens is 254 g/mol. The normalized spacial score (nSPS) is 47.6. The lowest BCUT2D eigenvalue weighted by molar-refractivity contribution is -0.128. The minimum absolute atomic E-state index is 0.0285. The Labute approximate surface area is 117 Å². The standard InChI is InChI=1S/C16H17NO3/c1-7-3-2-4-8(5-7)17-15(19)11-9-6-10-12(11)16(17)20-14(10)13(9)18/h2-5,9-14,16,18H,6H2,1H3/t9-,10-,11-,12+,13+,14+,16-/m1/s1. The van der Waals surface area contributed by atoms with Crippen LogP contribution in [-0.4, -0.2) is 29.4 Å². The van der Waals surface area contributed by atoms with E-state index in [1.165, 1.54) is 0 Å². The second-order valence-corrected chi connectivity index (χ2v) is 6.70. The van der Waals surface area contributed by atoms with Crippen molar-refractivity contribution in [2.75, 3.05) is 4.90 Å². The molecule has 7 atom stereocenters. The van der Waals surface area contributed by atoms with Crippen LogP contribution in [0, 0.1) is 30.6 Å². The van der Waals surface area contributed by atoms with E-state index in [0.29, 0.717) is 11.8 Å². The fourth-order valence-electron chi connectivity index (χ4n) is 5.11. The van der Waals surface area contributed by atoms with E-state index in [2.05, 4.69) is 0 Å². The average Bonchev–Trinajstić information content (AvgIpc) is 3.07. The summed E-state index contributed by atoms with van der Waals surface area (Å²) in [5.74, 6) is 0.905. The second-order valence-electron chi connectivity index (χ2n) is 6.70. The number of carbonyl (C=O) groups excluding carboxylic acids is 1. The number of fused-ring (bicyclic) bond motifs is 2. The summed E-state index contributed by atoms with van der Waals surface area (Å²) < 4.78 is 6.07. The SMILES string of the molecule is Cc1cccc(N2C(=O)[C@@H]3[C@H]4C[C@H]5[C@H](O[C@@H]2[C@@H]53)[C@H]4O)c1. The highest BCUT2D eigenvalue weighted by Crippen LogP contribution is 2.63. The van der Waals surface area contributed by atoms with Gasteiger partial charge in [-0.1, -0.05) is 12.1 Å². The molecule has 4 heteroatoms. The van der Waals surface area contributed by atoms with Gasteiger partial charge < -0.3 is 9.84 Å². The number of hydrogen-bond donors (Lipinski definition) is 1. The van der Waals surface area contributed by atoms with Crippen molar-refractivity contribution in [3.63, 3.8) is 0 Å². The highest BCUT2D eigenvalue weighted by atomic mass is 16.5. The van der Waals surface area contributed by atoms with Gasteiger partial charge in [-0.15, -0.1) is 0 Å². The van der Waals surface area contributed by atoms with Gasteiger partial charge in [0.1, 0.15) is 6.23 Å². The van der Waals surface area contributed by atoms with Crippen molar-refractivity contribution in [2.24, 2.45) is 23.7 Å². The first kappa shape index (κ1) is 11.3. The maximum atomic E-state index is 12.8. The highest BCUT2D eigenvalue weighted by molar-refractivity contribution is 5.99. The molecule has 0 unspecified atom stereocenters. The van der Waals surface area contributed by atoms with E-state index < -0.39 is 6.10 Å². The van der Waals surface area contributed by atoms with E-state index in [-0.39, 0.29) is 30.1 Å². The number of ether oxygens (including phenoxy) is 1. The van der Waals surface area contributed by atoms with Gasteiger partial charge in [0, 0.05) is 11.6 Å². The number of amides is 1. The largest absolute Gasteiger partial charge is 0.390 e. The summed E-state index contributed by atoms with van der Waals surface area (Å²) in [5, 5.41) is 10.3. The van der Waals surface area contributed by atoms with Crippen molar-refractivity contribution in [3.05, 3.63) is 29.8 Å². The molecule has 1 aromatic carbocycles. The lowest BCUT2D eigenvalue weighted by atomic mass is 9.80. The minimum atomic E-state index is -0.435. The molecule has 1 aromatic rings. The van der Waals surface area contributed by atoms with Crippen LogP contribution in [0.1, 0.15) is 12.0 Å². The van der Waals surface area contributed by atoms with Crippen LogP contribution in [0.2, 0.25) is 0 Å². The van der Waals surface area contributed by atoms with Crippen molar-refractivity contribution in [3.8, 4) is 0 Å². The van der Waals surface area contributed by atoms with Crippen LogP contribution in [0.5, 0.6) is 0 Å². The molecule has 104 valence electrons. The van der Waals surface area contributed by atoms with Crippen LogP contribution in [0.4, 0.5) is 5.69 Å². The zero-order chi connectivity index (χ0) is 13.6. The summed E-state index contributed by atoms with van der Waals surface area (Å²) in [6, 6.07) is 8.03. The molecule has 1 amide bonds. The summed E-state index contributed by atoms with van der Waals surface area (Å²) in [6.45, 7) is 2.03. The first-order valence-corrected chi connectivity index (χ1v) is 7.40. The molecule has 0 radical (unpaired) electrons. The van der Waals surface area contributed by atoms with E-state index in [0.717, 1.165) is 17.7 Å². The molecule has 2 bridgehead atoms. The number of aliphatic hydroxyl groups is 1. The third kappa shape index (κ3) is 1.10. The molecule has 4 aliphatic rings. The number of nitrogens with zero attached hydrogens (tertiary/aromatic N) is 1. The van der Waals surface area contributed by atoms with Gasteiger partial charge in [0.15, 0.2) is 0 Å². The molecular formula is C16H17NO3. The summed E-state index contributed by atoms with van der Waals surface area (Å²) in [7, 11) is 0. The van der Waals surface area contributed by atoms with Crippen LogP contribution < -0.4 is 4.90 Å². The molecule has 2 saturated carbocycles. The van der Waals surface area contributed by atoms with Gasteiger partial charge >= 0.3 is 0 Å². The molecule has 20 heavy (non-hydrogen) atoms. The maximum Gasteiger partial charge on any atom is 0.233 e. The molecule has 2 heterocycles. The van der Waals surface area contributed by atoms with E-state index >= 15 is 0 Å². The molecule has 2 aliphatic heterocycles. The van der Waals surface area contributed by atoms with Gasteiger partial charge in [0.05, 0.1) is 18.1 Å². The molecule has 2 aliphatic carbocycles. The van der Waals surface area contributed by atoms with Gasteiger partial charge in [0.25, 0.3) is 0 Å². The number of aryl methyl sites for hydroxylation is 1. The van der Waals surface area contributed by atoms with E-state index in [1.807, 2.05) is 36.1 Å². The van der Waals surface area contributed by atoms with Crippen LogP contribution in [0.15, 0.2) is 24.3 Å². The predicted molar refractivity (Wildman–Crippen MR) is 71.9 cm³/mol. The summed E-state index contributed by atoms with van der Waals surface area (Å²) >= 11 is 0. The first-order chi connectivity index (χ1) is 9.66. The smallest absolute Gasteiger partial charge is 0.233 e. The Balaban J connectivity index is 1.61. The predicted octanol–water partition coefficient (Wildman–Crippen LogP) is 1.31. The van der Waals surface area contributed by atoms with Gasteiger partial charge in [-0.2, -0.15) is 0 Å². The average molecular weight is 271 g/mol. The summed E-state index contributed by atoms with van der Waals surface area (Å²) in [5.41, 5.74) is 2.08. The van der Waals surface area contributed by atoms with E-state index in [1.54, 1.807) is 0 Å². The van der Waals surface area contributed by atoms with Gasteiger partial charge in [-0.3, -0.25) is 9.69 Å². The Kier molecular flexibility index (Phi) is 1.94. The topological polar surface area (TPSA) is 49.8 Å². The fraction of sp³-hybridized carbons (Fsp3) is 0.562. The van der Waals surface area contributed by atoms with Crippen LogP contribution >= 0.6 is 0 Å². The number of aliphatic hydroxyl groups excluding tert-OH is 1. The number of rotatable bonds is 1. The van der Waals surface area contributed by atoms with Crippen molar-refractivity contribution in [2.45, 2.75) is 31.8 Å². The third-order valence-electron chi connectivity index (χ3n) is 5.79. The van der Waals surface area contributed by atoms with Gasteiger partial charge in [-0.05, 0) is 42.9 Å². The highest BCUT2D eigenvalue weighted by Gasteiger charge is 2.72. The number of hydrogen-bond acceptors (Lipinski definition) is 3. The van der Waals surface area contributed by atoms with Crippen LogP contribution in [0.25, 0.3) is 0 Å². The Hall–Kier alpha value is -1.39. The molecule has 1 N–H and O–H groups in total. The number of anilines is 1. The van der Waals surface area contributed by atoms with Crippen molar-refractivity contribution in [1.82, 2.24) is 0 Å². The molecule has 0 aromatic heterocycles. The van der Waals surface area contributed by atoms with Gasteiger partial charge in [-0.25, -0.2) is 0 Å². The fourth-order valence-corrected chi connectivity index (χ4v) is 5.11. The monoisotopic (exact) mass is 271 g/mol. The molecule has 0 spiro atoms. The van der Waals surface area contributed by atoms with Crippen LogP contribution in [0.3, 0.4) is 0 Å². The first-order valence-electron chi connectivity index (χ1n) is 7.40. The Bertz CT molecular complexity index is 615. The lowest BCUT2D eigenvalue weighted by Gasteiger charge is -2.30. The van der Waals surface area contributed by atoms with Crippen LogP contribution in [-0.2, 0) is 9.53 Å². The Morgan fingerprint density at radius 3 is 3.00 bits per heavy atom. The zero-order valence-electron chi connectivity index (χ0n) is 11.3. The Morgan fingerprint density at radius 2 is 2.20 bits per heavy atom. The third-order valence-corrected chi connectivity index (χ3v) is 5.79. The lowest BCUT2D eigenvalue weighted by Crippen LogP contribution is -2.43. The molecule has 4 fully saturated rings. The summed E-state index contributed by atoms with van der Waals surface area (Å²) in [4.78, 5) is 14.6. The van der Waals surface area contributed by atoms with Crippen molar-refractivity contribution in [1.29, 1.82) is 0 Å². The minimum Gasteiger partial charge on any atom is -0.390 e. The summed E-state index contributed by atoms with van der Waals surface area (Å²) in [6.07, 6.45) is 0.318. The Morgan fingerprint density at radius 1 is 1.35 bits per heavy atom. The second kappa shape index (κ2) is 3.43. The quantitative estimate of drug-likeness (QED) is 0.838. The zero-order valence-corrected chi connectivity index (χ0v) is 11.3.